The summed E-state index contributed by atoms with van der Waals surface area (Å²) >= 11 is 0. The average Bonchev–Trinajstić information content (AvgIpc) is 2.70. The van der Waals surface area contributed by atoms with Crippen molar-refractivity contribution < 1.29 is 14.7 Å². The van der Waals surface area contributed by atoms with Gasteiger partial charge < -0.3 is 14.7 Å². The summed E-state index contributed by atoms with van der Waals surface area (Å²) in [4.78, 5) is 6.40. The highest BCUT2D eigenvalue weighted by Crippen LogP contribution is 2.12. The van der Waals surface area contributed by atoms with Crippen molar-refractivity contribution in [3.63, 3.8) is 0 Å². The minimum Gasteiger partial charge on any atom is -0.335 e. The molecule has 0 aliphatic heterocycles. The van der Waals surface area contributed by atoms with Crippen molar-refractivity contribution in [3.8, 4) is 0 Å². The lowest BCUT2D eigenvalue weighted by atomic mass is 10.2. The molecule has 2 aromatic rings. The Morgan fingerprint density at radius 1 is 1.35 bits per heavy atom. The molecule has 6 nitrogen and oxygen atoms in total. The first-order chi connectivity index (χ1) is 9.35. The monoisotopic (exact) mass is 295 g/mol. The predicted octanol–water partition coefficient (Wildman–Crippen LogP) is 1.80. The van der Waals surface area contributed by atoms with Crippen LogP contribution in [0.5, 0.6) is 0 Å². The number of aryl methyl sites for hydroxylation is 1. The van der Waals surface area contributed by atoms with E-state index in [0.29, 0.717) is 12.1 Å². The van der Waals surface area contributed by atoms with Crippen LogP contribution in [0.15, 0.2) is 18.2 Å². The van der Waals surface area contributed by atoms with Gasteiger partial charge in [-0.2, -0.15) is 0 Å². The van der Waals surface area contributed by atoms with Gasteiger partial charge in [0, 0.05) is 8.07 Å². The van der Waals surface area contributed by atoms with Crippen LogP contribution in [-0.4, -0.2) is 41.4 Å². The van der Waals surface area contributed by atoms with Crippen molar-refractivity contribution in [2.75, 3.05) is 6.61 Å². The third-order valence-electron chi connectivity index (χ3n) is 2.87. The van der Waals surface area contributed by atoms with E-state index in [9.17, 15) is 5.11 Å². The van der Waals surface area contributed by atoms with Crippen LogP contribution in [0, 0.1) is 6.92 Å². The molecule has 0 saturated heterocycles. The van der Waals surface area contributed by atoms with E-state index in [4.69, 9.17) is 9.57 Å². The molecule has 1 N–H and O–H groups in total. The summed E-state index contributed by atoms with van der Waals surface area (Å²) in [5, 5.41) is 17.5. The Bertz CT molecular complexity index is 580. The third kappa shape index (κ3) is 4.02. The van der Waals surface area contributed by atoms with Crippen LogP contribution >= 0.6 is 0 Å². The highest BCUT2D eigenvalue weighted by atomic mass is 28.3. The number of rotatable bonds is 6. The number of aromatic nitrogens is 3. The maximum atomic E-state index is 9.71. The number of benzene rings is 1. The lowest BCUT2D eigenvalue weighted by Crippen LogP contribution is -2.30. The summed E-state index contributed by atoms with van der Waals surface area (Å²) in [5.74, 6) is 0. The van der Waals surface area contributed by atoms with Crippen LogP contribution in [0.3, 0.4) is 0 Å². The highest BCUT2D eigenvalue weighted by molar-refractivity contribution is 6.76. The van der Waals surface area contributed by atoms with E-state index >= 15 is 0 Å². The minimum atomic E-state index is -1.34. The Kier molecular flexibility index (Phi) is 4.41. The van der Waals surface area contributed by atoms with E-state index in [-0.39, 0.29) is 0 Å². The summed E-state index contributed by atoms with van der Waals surface area (Å²) in [6.45, 7) is 7.86. The predicted molar refractivity (Wildman–Crippen MR) is 79.0 cm³/mol. The third-order valence-corrected chi connectivity index (χ3v) is 4.58. The normalized spacial score (nSPS) is 13.7. The van der Waals surface area contributed by atoms with Crippen molar-refractivity contribution in [1.29, 1.82) is 0 Å². The topological polar surface area (TPSA) is 69.4 Å². The number of ether oxygens (including phenoxy) is 1. The molecule has 0 radical (unpaired) electrons. The first-order valence-electron chi connectivity index (χ1n) is 6.64. The molecule has 1 atom stereocenters. The Labute approximate surface area is 119 Å². The molecule has 0 spiro atoms. The standard InChI is InChI=1S/C13H21N3O3Si/c1-10-5-6-12-11(9-10)14-15-16(12)19-13(17)18-7-8-20(2,3)4/h5-6,9,13,17H,7-8H2,1-4H3. The molecule has 1 aromatic carbocycles. The van der Waals surface area contributed by atoms with Gasteiger partial charge in [-0.1, -0.05) is 30.6 Å². The molecule has 0 saturated carbocycles. The second-order valence-corrected chi connectivity index (χ2v) is 11.7. The van der Waals surface area contributed by atoms with Crippen LogP contribution < -0.4 is 4.84 Å². The molecule has 0 aliphatic carbocycles. The number of hydrogen-bond acceptors (Lipinski definition) is 5. The van der Waals surface area contributed by atoms with Gasteiger partial charge in [-0.05, 0) is 35.9 Å². The van der Waals surface area contributed by atoms with Gasteiger partial charge >= 0.3 is 6.48 Å². The molecular weight excluding hydrogens is 274 g/mol. The Morgan fingerprint density at radius 2 is 2.10 bits per heavy atom. The largest absolute Gasteiger partial charge is 0.337 e. The molecule has 0 aliphatic rings. The van der Waals surface area contributed by atoms with Gasteiger partial charge in [0.15, 0.2) is 0 Å². The van der Waals surface area contributed by atoms with Crippen LogP contribution in [0.1, 0.15) is 5.56 Å². The van der Waals surface area contributed by atoms with Gasteiger partial charge in [-0.15, -0.1) is 5.10 Å². The van der Waals surface area contributed by atoms with Crippen molar-refractivity contribution in [3.05, 3.63) is 23.8 Å². The number of aliphatic hydroxyl groups excluding tert-OH is 1. The summed E-state index contributed by atoms with van der Waals surface area (Å²) in [6.07, 6.45) is 0. The van der Waals surface area contributed by atoms with Gasteiger partial charge in [-0.3, -0.25) is 0 Å². The van der Waals surface area contributed by atoms with Gasteiger partial charge in [-0.25, -0.2) is 0 Å². The Balaban J connectivity index is 1.94. The fourth-order valence-electron chi connectivity index (χ4n) is 1.67. The molecule has 1 aromatic heterocycles. The van der Waals surface area contributed by atoms with Crippen LogP contribution in [0.25, 0.3) is 11.0 Å². The Hall–Kier alpha value is -1.44. The number of nitrogens with zero attached hydrogens (tertiary/aromatic N) is 3. The fraction of sp³-hybridized carbons (Fsp3) is 0.538. The van der Waals surface area contributed by atoms with Gasteiger partial charge in [0.25, 0.3) is 0 Å². The first kappa shape index (κ1) is 15.0. The highest BCUT2D eigenvalue weighted by Gasteiger charge is 2.15. The molecule has 1 heterocycles. The van der Waals surface area contributed by atoms with E-state index < -0.39 is 14.5 Å². The molecular formula is C13H21N3O3Si. The van der Waals surface area contributed by atoms with Crippen LogP contribution in [0.4, 0.5) is 0 Å². The minimum absolute atomic E-state index is 0.475. The molecule has 7 heteroatoms. The molecule has 20 heavy (non-hydrogen) atoms. The smallest absolute Gasteiger partial charge is 0.335 e. The second-order valence-electron chi connectivity index (χ2n) is 6.05. The lowest BCUT2D eigenvalue weighted by Gasteiger charge is -2.17. The lowest BCUT2D eigenvalue weighted by molar-refractivity contribution is -0.264. The van der Waals surface area contributed by atoms with Crippen LogP contribution in [-0.2, 0) is 4.74 Å². The molecule has 110 valence electrons. The summed E-state index contributed by atoms with van der Waals surface area (Å²) in [6, 6.07) is 6.65. The zero-order valence-corrected chi connectivity index (χ0v) is 13.3. The van der Waals surface area contributed by atoms with E-state index in [2.05, 4.69) is 30.0 Å². The summed E-state index contributed by atoms with van der Waals surface area (Å²) < 4.78 is 5.24. The number of fused-ring (bicyclic) bond motifs is 1. The number of hydrogen-bond donors (Lipinski definition) is 1. The zero-order chi connectivity index (χ0) is 14.8. The van der Waals surface area contributed by atoms with E-state index in [1.54, 1.807) is 0 Å². The van der Waals surface area contributed by atoms with Crippen molar-refractivity contribution in [1.82, 2.24) is 15.2 Å². The van der Waals surface area contributed by atoms with E-state index in [1.807, 2.05) is 25.1 Å². The summed E-state index contributed by atoms with van der Waals surface area (Å²) in [7, 11) is -1.18. The maximum Gasteiger partial charge on any atom is 0.337 e. The van der Waals surface area contributed by atoms with Gasteiger partial charge in [0.05, 0.1) is 6.61 Å². The quantitative estimate of drug-likeness (QED) is 0.650. The first-order valence-corrected chi connectivity index (χ1v) is 10.3. The molecule has 0 fully saturated rings. The fourth-order valence-corrected chi connectivity index (χ4v) is 2.40. The average molecular weight is 295 g/mol. The van der Waals surface area contributed by atoms with Crippen molar-refractivity contribution in [2.45, 2.75) is 39.1 Å². The van der Waals surface area contributed by atoms with Gasteiger partial charge in [0.2, 0.25) is 0 Å². The maximum absolute atomic E-state index is 9.71. The molecule has 0 amide bonds. The SMILES string of the molecule is Cc1ccc2c(c1)nnn2OC(O)OCC[Si](C)(C)C. The van der Waals surface area contributed by atoms with Gasteiger partial charge in [0.1, 0.15) is 11.0 Å². The molecule has 1 unspecified atom stereocenters. The van der Waals surface area contributed by atoms with Crippen LogP contribution in [0.2, 0.25) is 25.7 Å². The molecule has 0 bridgehead atoms. The van der Waals surface area contributed by atoms with Crippen molar-refractivity contribution in [2.24, 2.45) is 0 Å². The summed E-state index contributed by atoms with van der Waals surface area (Å²) in [5.41, 5.74) is 2.51. The zero-order valence-electron chi connectivity index (χ0n) is 12.3. The molecule has 2 rings (SSSR count). The van der Waals surface area contributed by atoms with E-state index in [0.717, 1.165) is 17.1 Å². The number of aliphatic hydroxyl groups is 1. The van der Waals surface area contributed by atoms with E-state index in [1.165, 1.54) is 4.85 Å². The second kappa shape index (κ2) is 5.90. The Morgan fingerprint density at radius 3 is 2.80 bits per heavy atom. The van der Waals surface area contributed by atoms with Crippen molar-refractivity contribution >= 4 is 19.1 Å².